The number of halogens is 2. The van der Waals surface area contributed by atoms with Crippen LogP contribution in [0.2, 0.25) is 0 Å². The SMILES string of the molecule is C=C(CC(=O)OCC(C)(F)F)C(=O)OC(C)(C)C. The monoisotopic (exact) mass is 264 g/mol. The molecule has 0 heterocycles. The summed E-state index contributed by atoms with van der Waals surface area (Å²) in [4.78, 5) is 22.6. The number of hydrogen-bond donors (Lipinski definition) is 0. The van der Waals surface area contributed by atoms with E-state index in [-0.39, 0.29) is 5.57 Å². The first kappa shape index (κ1) is 16.5. The predicted octanol–water partition coefficient (Wildman–Crippen LogP) is 2.47. The summed E-state index contributed by atoms with van der Waals surface area (Å²) in [7, 11) is 0. The molecule has 104 valence electrons. The fourth-order valence-electron chi connectivity index (χ4n) is 0.855. The zero-order valence-electron chi connectivity index (χ0n) is 11.0. The van der Waals surface area contributed by atoms with Gasteiger partial charge >= 0.3 is 11.9 Å². The van der Waals surface area contributed by atoms with Gasteiger partial charge in [0.25, 0.3) is 5.92 Å². The van der Waals surface area contributed by atoms with Crippen molar-refractivity contribution in [3.05, 3.63) is 12.2 Å². The maximum atomic E-state index is 12.4. The summed E-state index contributed by atoms with van der Waals surface area (Å²) < 4.78 is 34.1. The number of esters is 2. The van der Waals surface area contributed by atoms with Crippen LogP contribution in [0.3, 0.4) is 0 Å². The lowest BCUT2D eigenvalue weighted by atomic mass is 10.1. The highest BCUT2D eigenvalue weighted by molar-refractivity contribution is 5.93. The number of alkyl halides is 2. The minimum absolute atomic E-state index is 0.130. The maximum Gasteiger partial charge on any atom is 0.334 e. The Balaban J connectivity index is 4.17. The van der Waals surface area contributed by atoms with Gasteiger partial charge in [-0.25, -0.2) is 13.6 Å². The summed E-state index contributed by atoms with van der Waals surface area (Å²) in [5, 5.41) is 0. The molecule has 0 aromatic carbocycles. The third-order valence-electron chi connectivity index (χ3n) is 1.53. The zero-order chi connectivity index (χ0) is 14.6. The Hall–Kier alpha value is -1.46. The normalized spacial score (nSPS) is 11.9. The van der Waals surface area contributed by atoms with E-state index in [4.69, 9.17) is 4.74 Å². The minimum Gasteiger partial charge on any atom is -0.459 e. The van der Waals surface area contributed by atoms with E-state index in [1.54, 1.807) is 20.8 Å². The van der Waals surface area contributed by atoms with Gasteiger partial charge in [0.1, 0.15) is 5.60 Å². The highest BCUT2D eigenvalue weighted by atomic mass is 19.3. The predicted molar refractivity (Wildman–Crippen MR) is 61.2 cm³/mol. The smallest absolute Gasteiger partial charge is 0.334 e. The van der Waals surface area contributed by atoms with Crippen molar-refractivity contribution in [3.8, 4) is 0 Å². The number of carbonyl (C=O) groups excluding carboxylic acids is 2. The van der Waals surface area contributed by atoms with Crippen LogP contribution < -0.4 is 0 Å². The van der Waals surface area contributed by atoms with Crippen LogP contribution in [-0.2, 0) is 19.1 Å². The van der Waals surface area contributed by atoms with Crippen molar-refractivity contribution in [2.24, 2.45) is 0 Å². The van der Waals surface area contributed by atoms with Crippen molar-refractivity contribution in [3.63, 3.8) is 0 Å². The molecule has 0 aromatic rings. The van der Waals surface area contributed by atoms with Gasteiger partial charge in [-0.2, -0.15) is 0 Å². The first-order valence-corrected chi connectivity index (χ1v) is 5.35. The molecule has 0 bridgehead atoms. The van der Waals surface area contributed by atoms with Crippen molar-refractivity contribution >= 4 is 11.9 Å². The van der Waals surface area contributed by atoms with Gasteiger partial charge in [0.2, 0.25) is 0 Å². The van der Waals surface area contributed by atoms with Crippen molar-refractivity contribution in [2.75, 3.05) is 6.61 Å². The molecule has 0 radical (unpaired) electrons. The summed E-state index contributed by atoms with van der Waals surface area (Å²) in [6.07, 6.45) is -0.467. The molecule has 6 heteroatoms. The fourth-order valence-corrected chi connectivity index (χ4v) is 0.855. The van der Waals surface area contributed by atoms with E-state index in [0.29, 0.717) is 6.92 Å². The topological polar surface area (TPSA) is 52.6 Å². The van der Waals surface area contributed by atoms with E-state index >= 15 is 0 Å². The first-order chi connectivity index (χ1) is 7.91. The Morgan fingerprint density at radius 1 is 1.17 bits per heavy atom. The van der Waals surface area contributed by atoms with Crippen LogP contribution in [0.4, 0.5) is 8.78 Å². The molecule has 0 fully saturated rings. The molecular formula is C12H18F2O4. The van der Waals surface area contributed by atoms with Crippen molar-refractivity contribution in [1.29, 1.82) is 0 Å². The van der Waals surface area contributed by atoms with Crippen LogP contribution in [0.1, 0.15) is 34.1 Å². The number of carbonyl (C=O) groups is 2. The Morgan fingerprint density at radius 2 is 1.67 bits per heavy atom. The third-order valence-corrected chi connectivity index (χ3v) is 1.53. The second kappa shape index (κ2) is 5.93. The number of rotatable bonds is 5. The molecular weight excluding hydrogens is 246 g/mol. The molecule has 0 amide bonds. The molecule has 0 spiro atoms. The lowest BCUT2D eigenvalue weighted by Crippen LogP contribution is -2.26. The quantitative estimate of drug-likeness (QED) is 0.565. The highest BCUT2D eigenvalue weighted by Gasteiger charge is 2.25. The Bertz CT molecular complexity index is 337. The van der Waals surface area contributed by atoms with E-state index in [9.17, 15) is 18.4 Å². The van der Waals surface area contributed by atoms with Gasteiger partial charge in [-0.05, 0) is 20.8 Å². The molecule has 0 unspecified atom stereocenters. The van der Waals surface area contributed by atoms with Gasteiger partial charge < -0.3 is 9.47 Å². The molecule has 0 rings (SSSR count). The fraction of sp³-hybridized carbons (Fsp3) is 0.667. The molecule has 0 saturated heterocycles. The van der Waals surface area contributed by atoms with Gasteiger partial charge in [-0.15, -0.1) is 0 Å². The molecule has 0 N–H and O–H groups in total. The second-order valence-corrected chi connectivity index (χ2v) is 5.01. The average molecular weight is 264 g/mol. The van der Waals surface area contributed by atoms with Crippen LogP contribution in [0, 0.1) is 0 Å². The molecule has 18 heavy (non-hydrogen) atoms. The molecule has 0 aliphatic heterocycles. The summed E-state index contributed by atoms with van der Waals surface area (Å²) in [5.41, 5.74) is -0.838. The molecule has 0 aromatic heterocycles. The van der Waals surface area contributed by atoms with Crippen molar-refractivity contribution in [1.82, 2.24) is 0 Å². The standard InChI is InChI=1S/C12H18F2O4/c1-8(10(16)18-11(2,3)4)6-9(15)17-7-12(5,13)14/h1,6-7H2,2-5H3. The van der Waals surface area contributed by atoms with Crippen LogP contribution in [0.5, 0.6) is 0 Å². The largest absolute Gasteiger partial charge is 0.459 e. The Labute approximate surface area is 105 Å². The summed E-state index contributed by atoms with van der Waals surface area (Å²) in [5.74, 6) is -4.78. The van der Waals surface area contributed by atoms with Crippen LogP contribution in [-0.4, -0.2) is 30.1 Å². The van der Waals surface area contributed by atoms with Gasteiger partial charge in [0.05, 0.1) is 6.42 Å². The molecule has 4 nitrogen and oxygen atoms in total. The Morgan fingerprint density at radius 3 is 2.06 bits per heavy atom. The van der Waals surface area contributed by atoms with E-state index in [1.165, 1.54) is 0 Å². The van der Waals surface area contributed by atoms with Crippen LogP contribution in [0.25, 0.3) is 0 Å². The summed E-state index contributed by atoms with van der Waals surface area (Å²) >= 11 is 0. The minimum atomic E-state index is -3.09. The van der Waals surface area contributed by atoms with E-state index in [1.807, 2.05) is 0 Å². The number of hydrogen-bond acceptors (Lipinski definition) is 4. The zero-order valence-corrected chi connectivity index (χ0v) is 11.0. The summed E-state index contributed by atoms with van der Waals surface area (Å²) in [6.45, 7) is 7.95. The lowest BCUT2D eigenvalue weighted by Gasteiger charge is -2.20. The molecule has 0 saturated carbocycles. The number of ether oxygens (including phenoxy) is 2. The Kier molecular flexibility index (Phi) is 5.45. The lowest BCUT2D eigenvalue weighted by molar-refractivity contribution is -0.156. The van der Waals surface area contributed by atoms with Crippen molar-refractivity contribution < 1.29 is 27.8 Å². The third kappa shape index (κ3) is 8.66. The molecule has 0 atom stereocenters. The van der Waals surface area contributed by atoms with Crippen LogP contribution in [0.15, 0.2) is 12.2 Å². The van der Waals surface area contributed by atoms with Gasteiger partial charge in [-0.1, -0.05) is 6.58 Å². The second-order valence-electron chi connectivity index (χ2n) is 5.01. The average Bonchev–Trinajstić information content (AvgIpc) is 2.10. The first-order valence-electron chi connectivity index (χ1n) is 5.35. The van der Waals surface area contributed by atoms with Crippen molar-refractivity contribution in [2.45, 2.75) is 45.6 Å². The highest BCUT2D eigenvalue weighted by Crippen LogP contribution is 2.14. The van der Waals surface area contributed by atoms with E-state index in [0.717, 1.165) is 0 Å². The molecule has 0 aliphatic carbocycles. The van der Waals surface area contributed by atoms with Gasteiger partial charge in [-0.3, -0.25) is 4.79 Å². The van der Waals surface area contributed by atoms with Gasteiger partial charge in [0, 0.05) is 12.5 Å². The summed E-state index contributed by atoms with van der Waals surface area (Å²) in [6, 6.07) is 0. The van der Waals surface area contributed by atoms with E-state index < -0.39 is 36.5 Å². The molecule has 0 aliphatic rings. The maximum absolute atomic E-state index is 12.4. The van der Waals surface area contributed by atoms with Gasteiger partial charge in [0.15, 0.2) is 6.61 Å². The van der Waals surface area contributed by atoms with Crippen LogP contribution >= 0.6 is 0 Å². The van der Waals surface area contributed by atoms with E-state index in [2.05, 4.69) is 11.3 Å².